The molecule has 3 heteroatoms. The number of allylic oxidation sites excluding steroid dienone is 4. The Morgan fingerprint density at radius 1 is 0.783 bits per heavy atom. The summed E-state index contributed by atoms with van der Waals surface area (Å²) in [5.41, 5.74) is 0. The highest BCUT2D eigenvalue weighted by atomic mass is 16.4. The van der Waals surface area contributed by atoms with E-state index in [9.17, 15) is 0 Å². The molecule has 0 unspecified atom stereocenters. The van der Waals surface area contributed by atoms with Crippen LogP contribution >= 0.6 is 0 Å². The molecule has 0 saturated carbocycles. The summed E-state index contributed by atoms with van der Waals surface area (Å²) in [4.78, 5) is 9.00. The van der Waals surface area contributed by atoms with E-state index in [0.717, 1.165) is 19.8 Å². The van der Waals surface area contributed by atoms with Crippen molar-refractivity contribution in [2.24, 2.45) is 0 Å². The van der Waals surface area contributed by atoms with Crippen LogP contribution in [0.1, 0.15) is 90.9 Å². The van der Waals surface area contributed by atoms with Gasteiger partial charge in [0, 0.05) is 13.5 Å². The minimum Gasteiger partial charge on any atom is -0.481 e. The third kappa shape index (κ3) is 33.6. The van der Waals surface area contributed by atoms with Crippen molar-refractivity contribution < 1.29 is 15.0 Å². The first-order valence-electron chi connectivity index (χ1n) is 9.25. The van der Waals surface area contributed by atoms with Gasteiger partial charge in [-0.2, -0.15) is 0 Å². The van der Waals surface area contributed by atoms with Crippen LogP contribution in [0.5, 0.6) is 0 Å². The molecule has 136 valence electrons. The van der Waals surface area contributed by atoms with Crippen LogP contribution in [0.15, 0.2) is 24.3 Å². The third-order valence-electron chi connectivity index (χ3n) is 3.36. The summed E-state index contributed by atoms with van der Waals surface area (Å²) in [6.45, 7) is 3.69. The average molecular weight is 327 g/mol. The number of carboxylic acids is 1. The van der Waals surface area contributed by atoms with Crippen molar-refractivity contribution in [2.45, 2.75) is 90.9 Å². The van der Waals surface area contributed by atoms with Crippen LogP contribution in [-0.2, 0) is 4.79 Å². The molecule has 0 aliphatic heterocycles. The van der Waals surface area contributed by atoms with Gasteiger partial charge < -0.3 is 10.2 Å². The van der Waals surface area contributed by atoms with E-state index in [0.29, 0.717) is 6.61 Å². The van der Waals surface area contributed by atoms with E-state index in [2.05, 4.69) is 31.2 Å². The first kappa shape index (κ1) is 24.2. The summed E-state index contributed by atoms with van der Waals surface area (Å²) in [6, 6.07) is 0. The Balaban J connectivity index is 0. The molecule has 3 nitrogen and oxygen atoms in total. The molecule has 0 aromatic rings. The monoisotopic (exact) mass is 326 g/mol. The molecule has 0 saturated heterocycles. The molecule has 0 bridgehead atoms. The third-order valence-corrected chi connectivity index (χ3v) is 3.36. The molecule has 2 N–H and O–H groups in total. The largest absolute Gasteiger partial charge is 0.481 e. The number of aliphatic hydroxyl groups excluding tert-OH is 1. The van der Waals surface area contributed by atoms with Crippen LogP contribution in [0.4, 0.5) is 0 Å². The van der Waals surface area contributed by atoms with Crippen LogP contribution in [0.25, 0.3) is 0 Å². The predicted molar refractivity (Wildman–Crippen MR) is 99.8 cm³/mol. The van der Waals surface area contributed by atoms with Crippen molar-refractivity contribution >= 4 is 5.97 Å². The summed E-state index contributed by atoms with van der Waals surface area (Å²) >= 11 is 0. The first-order chi connectivity index (χ1) is 11.1. The minimum absolute atomic E-state index is 0.356. The van der Waals surface area contributed by atoms with Crippen molar-refractivity contribution in [3.63, 3.8) is 0 Å². The molecule has 0 fully saturated rings. The zero-order valence-corrected chi connectivity index (χ0v) is 15.3. The summed E-state index contributed by atoms with van der Waals surface area (Å²) in [5, 5.41) is 16.1. The molecule has 0 amide bonds. The highest BCUT2D eigenvalue weighted by Crippen LogP contribution is 2.07. The van der Waals surface area contributed by atoms with E-state index in [1.807, 2.05) is 0 Å². The van der Waals surface area contributed by atoms with Gasteiger partial charge in [0.05, 0.1) is 0 Å². The molecule has 0 aliphatic carbocycles. The Bertz CT molecular complexity index is 279. The fourth-order valence-electron chi connectivity index (χ4n) is 2.10. The Morgan fingerprint density at radius 3 is 1.70 bits per heavy atom. The number of aliphatic carboxylic acids is 1. The summed E-state index contributed by atoms with van der Waals surface area (Å²) in [6.07, 6.45) is 24.2. The number of hydrogen-bond acceptors (Lipinski definition) is 2. The van der Waals surface area contributed by atoms with Crippen LogP contribution < -0.4 is 0 Å². The lowest BCUT2D eigenvalue weighted by Crippen LogP contribution is -1.83. The zero-order valence-electron chi connectivity index (χ0n) is 15.3. The maximum absolute atomic E-state index is 9.00. The van der Waals surface area contributed by atoms with Gasteiger partial charge in [0.2, 0.25) is 0 Å². The summed E-state index contributed by atoms with van der Waals surface area (Å²) in [5.74, 6) is -0.833. The van der Waals surface area contributed by atoms with Gasteiger partial charge >= 0.3 is 0 Å². The lowest BCUT2D eigenvalue weighted by atomic mass is 10.1. The Labute approximate surface area is 143 Å². The normalized spacial score (nSPS) is 10.9. The van der Waals surface area contributed by atoms with Crippen molar-refractivity contribution in [3.8, 4) is 0 Å². The van der Waals surface area contributed by atoms with Gasteiger partial charge in [0.25, 0.3) is 5.97 Å². The van der Waals surface area contributed by atoms with Gasteiger partial charge in [0.1, 0.15) is 0 Å². The minimum atomic E-state index is -0.833. The highest BCUT2D eigenvalue weighted by Gasteiger charge is 1.89. The van der Waals surface area contributed by atoms with Crippen LogP contribution in [0, 0.1) is 0 Å². The van der Waals surface area contributed by atoms with Gasteiger partial charge in [-0.05, 0) is 38.5 Å². The van der Waals surface area contributed by atoms with Crippen LogP contribution in [-0.4, -0.2) is 22.8 Å². The number of rotatable bonds is 14. The van der Waals surface area contributed by atoms with E-state index in [1.54, 1.807) is 0 Å². The lowest BCUT2D eigenvalue weighted by Gasteiger charge is -1.98. The van der Waals surface area contributed by atoms with Crippen molar-refractivity contribution in [1.82, 2.24) is 0 Å². The number of unbranched alkanes of at least 4 members (excludes halogenated alkanes) is 9. The van der Waals surface area contributed by atoms with Crippen molar-refractivity contribution in [3.05, 3.63) is 24.3 Å². The summed E-state index contributed by atoms with van der Waals surface area (Å²) < 4.78 is 0. The van der Waals surface area contributed by atoms with Gasteiger partial charge in [-0.1, -0.05) is 69.8 Å². The lowest BCUT2D eigenvalue weighted by molar-refractivity contribution is -0.134. The number of carboxylic acid groups (broad SMARTS) is 1. The molecule has 0 atom stereocenters. The highest BCUT2D eigenvalue weighted by molar-refractivity contribution is 5.62. The van der Waals surface area contributed by atoms with Crippen molar-refractivity contribution in [2.75, 3.05) is 6.61 Å². The number of hydrogen-bond donors (Lipinski definition) is 2. The number of carbonyl (C=O) groups is 1. The molecule has 0 heterocycles. The van der Waals surface area contributed by atoms with Crippen LogP contribution in [0.3, 0.4) is 0 Å². The number of aliphatic hydroxyl groups is 1. The van der Waals surface area contributed by atoms with E-state index in [1.165, 1.54) is 64.2 Å². The Morgan fingerprint density at radius 2 is 1.22 bits per heavy atom. The fourth-order valence-corrected chi connectivity index (χ4v) is 2.10. The Hall–Kier alpha value is -1.09. The first-order valence-corrected chi connectivity index (χ1v) is 9.25. The van der Waals surface area contributed by atoms with Gasteiger partial charge in [0.15, 0.2) is 0 Å². The maximum Gasteiger partial charge on any atom is 0.300 e. The topological polar surface area (TPSA) is 57.5 Å². The second-order valence-electron chi connectivity index (χ2n) is 5.83. The van der Waals surface area contributed by atoms with Gasteiger partial charge in [-0.15, -0.1) is 0 Å². The molecule has 0 rings (SSSR count). The van der Waals surface area contributed by atoms with E-state index < -0.39 is 5.97 Å². The zero-order chi connectivity index (χ0) is 17.6. The average Bonchev–Trinajstić information content (AvgIpc) is 2.50. The van der Waals surface area contributed by atoms with E-state index in [4.69, 9.17) is 15.0 Å². The predicted octanol–water partition coefficient (Wildman–Crippen LogP) is 5.88. The molecule has 0 spiro atoms. The molecule has 0 aliphatic rings. The van der Waals surface area contributed by atoms with Gasteiger partial charge in [-0.3, -0.25) is 4.79 Å². The maximum atomic E-state index is 9.00. The molecular formula is C20H38O3. The molecule has 0 aromatic heterocycles. The Kier molecular flexibility index (Phi) is 24.4. The molecular weight excluding hydrogens is 288 g/mol. The molecule has 23 heavy (non-hydrogen) atoms. The SMILES string of the molecule is CC(=O)O.CCCCCC=CCC=CCCCCCCCCO. The second kappa shape index (κ2) is 23.2. The van der Waals surface area contributed by atoms with E-state index >= 15 is 0 Å². The molecule has 0 aromatic carbocycles. The smallest absolute Gasteiger partial charge is 0.300 e. The standard InChI is InChI=1S/C18H34O.C2H4O2/c1-2-3-4-5-6-7-8-9-10-11-12-13-14-15-16-17-18-19;1-2(3)4/h6-7,9-10,19H,2-5,8,11-18H2,1H3;1H3,(H,3,4). The van der Waals surface area contributed by atoms with E-state index in [-0.39, 0.29) is 0 Å². The van der Waals surface area contributed by atoms with Crippen LogP contribution in [0.2, 0.25) is 0 Å². The second-order valence-corrected chi connectivity index (χ2v) is 5.83. The quantitative estimate of drug-likeness (QED) is 0.309. The van der Waals surface area contributed by atoms with Crippen molar-refractivity contribution in [1.29, 1.82) is 0 Å². The fraction of sp³-hybridized carbons (Fsp3) is 0.750. The molecule has 0 radical (unpaired) electrons. The van der Waals surface area contributed by atoms with Gasteiger partial charge in [-0.25, -0.2) is 0 Å². The summed E-state index contributed by atoms with van der Waals surface area (Å²) in [7, 11) is 0.